The van der Waals surface area contributed by atoms with E-state index in [1.165, 1.54) is 23.1 Å². The van der Waals surface area contributed by atoms with Crippen LogP contribution in [0.25, 0.3) is 0 Å². The van der Waals surface area contributed by atoms with Gasteiger partial charge < -0.3 is 5.32 Å². The van der Waals surface area contributed by atoms with Crippen molar-refractivity contribution in [2.75, 3.05) is 6.54 Å². The van der Waals surface area contributed by atoms with Crippen molar-refractivity contribution in [2.24, 2.45) is 5.92 Å². The van der Waals surface area contributed by atoms with E-state index in [0.717, 1.165) is 13.0 Å². The number of hydrogen-bond acceptors (Lipinski definition) is 1. The van der Waals surface area contributed by atoms with Gasteiger partial charge in [0.05, 0.1) is 0 Å². The average Bonchev–Trinajstić information content (AvgIpc) is 2.28. The second-order valence-corrected chi connectivity index (χ2v) is 5.44. The number of aryl methyl sites for hydroxylation is 2. The Balaban J connectivity index is 2.74. The number of nitrogens with one attached hydrogen (secondary N) is 1. The fourth-order valence-corrected chi connectivity index (χ4v) is 2.13. The van der Waals surface area contributed by atoms with Crippen LogP contribution >= 0.6 is 0 Å². The highest BCUT2D eigenvalue weighted by Gasteiger charge is 2.14. The maximum atomic E-state index is 3.66. The molecule has 0 spiro atoms. The summed E-state index contributed by atoms with van der Waals surface area (Å²) >= 11 is 0. The maximum Gasteiger partial charge on any atom is 0.0131 e. The van der Waals surface area contributed by atoms with Crippen LogP contribution in [0.4, 0.5) is 0 Å². The Bertz CT molecular complexity index is 341. The van der Waals surface area contributed by atoms with Gasteiger partial charge >= 0.3 is 0 Å². The van der Waals surface area contributed by atoms with Crippen molar-refractivity contribution in [1.29, 1.82) is 0 Å². The molecule has 0 aliphatic rings. The van der Waals surface area contributed by atoms with Crippen LogP contribution in [0.3, 0.4) is 0 Å². The van der Waals surface area contributed by atoms with Gasteiger partial charge in [0.15, 0.2) is 0 Å². The predicted molar refractivity (Wildman–Crippen MR) is 76.5 cm³/mol. The summed E-state index contributed by atoms with van der Waals surface area (Å²) in [6.07, 6.45) is 2.35. The van der Waals surface area contributed by atoms with Crippen LogP contribution in [-0.4, -0.2) is 12.6 Å². The first kappa shape index (κ1) is 14.2. The number of benzene rings is 1. The molecule has 0 heterocycles. The molecule has 1 nitrogen and oxygen atoms in total. The van der Waals surface area contributed by atoms with Gasteiger partial charge in [-0.25, -0.2) is 0 Å². The average molecular weight is 233 g/mol. The van der Waals surface area contributed by atoms with Crippen molar-refractivity contribution in [1.82, 2.24) is 5.32 Å². The quantitative estimate of drug-likeness (QED) is 0.786. The van der Waals surface area contributed by atoms with Gasteiger partial charge in [-0.05, 0) is 50.3 Å². The SMILES string of the molecule is CCCNC(Cc1cc(C)ccc1C)C(C)C. The van der Waals surface area contributed by atoms with Gasteiger partial charge in [-0.3, -0.25) is 0 Å². The van der Waals surface area contributed by atoms with E-state index in [1.54, 1.807) is 0 Å². The molecule has 0 radical (unpaired) electrons. The van der Waals surface area contributed by atoms with Gasteiger partial charge in [0.2, 0.25) is 0 Å². The lowest BCUT2D eigenvalue weighted by Gasteiger charge is -2.23. The van der Waals surface area contributed by atoms with Crippen molar-refractivity contribution in [2.45, 2.75) is 53.5 Å². The van der Waals surface area contributed by atoms with Gasteiger partial charge in [0, 0.05) is 6.04 Å². The van der Waals surface area contributed by atoms with E-state index in [9.17, 15) is 0 Å². The lowest BCUT2D eigenvalue weighted by molar-refractivity contribution is 0.397. The van der Waals surface area contributed by atoms with Gasteiger partial charge in [-0.2, -0.15) is 0 Å². The van der Waals surface area contributed by atoms with Crippen molar-refractivity contribution < 1.29 is 0 Å². The lowest BCUT2D eigenvalue weighted by atomic mass is 9.93. The van der Waals surface area contributed by atoms with Crippen LogP contribution < -0.4 is 5.32 Å². The molecule has 1 N–H and O–H groups in total. The summed E-state index contributed by atoms with van der Waals surface area (Å²) in [7, 11) is 0. The van der Waals surface area contributed by atoms with Crippen LogP contribution in [-0.2, 0) is 6.42 Å². The second kappa shape index (κ2) is 6.80. The van der Waals surface area contributed by atoms with Gasteiger partial charge in [-0.15, -0.1) is 0 Å². The second-order valence-electron chi connectivity index (χ2n) is 5.44. The number of rotatable bonds is 6. The monoisotopic (exact) mass is 233 g/mol. The summed E-state index contributed by atoms with van der Waals surface area (Å²) in [5.74, 6) is 0.682. The highest BCUT2D eigenvalue weighted by atomic mass is 14.9. The molecule has 96 valence electrons. The third kappa shape index (κ3) is 4.51. The first-order valence-electron chi connectivity index (χ1n) is 6.84. The van der Waals surface area contributed by atoms with E-state index in [1.807, 2.05) is 0 Å². The van der Waals surface area contributed by atoms with Crippen molar-refractivity contribution in [3.8, 4) is 0 Å². The Morgan fingerprint density at radius 2 is 1.88 bits per heavy atom. The van der Waals surface area contributed by atoms with E-state index in [2.05, 4.69) is 58.1 Å². The minimum atomic E-state index is 0.593. The molecule has 0 saturated heterocycles. The zero-order chi connectivity index (χ0) is 12.8. The van der Waals surface area contributed by atoms with Crippen LogP contribution in [0.15, 0.2) is 18.2 Å². The minimum Gasteiger partial charge on any atom is -0.313 e. The summed E-state index contributed by atoms with van der Waals surface area (Å²) in [5, 5.41) is 3.66. The molecule has 1 rings (SSSR count). The Morgan fingerprint density at radius 3 is 2.47 bits per heavy atom. The highest BCUT2D eigenvalue weighted by Crippen LogP contribution is 2.16. The summed E-state index contributed by atoms with van der Waals surface area (Å²) in [6.45, 7) is 12.3. The normalized spacial score (nSPS) is 13.1. The molecule has 0 aromatic heterocycles. The summed E-state index contributed by atoms with van der Waals surface area (Å²) < 4.78 is 0. The highest BCUT2D eigenvalue weighted by molar-refractivity contribution is 5.31. The Labute approximate surface area is 107 Å². The van der Waals surface area contributed by atoms with E-state index >= 15 is 0 Å². The molecular weight excluding hydrogens is 206 g/mol. The topological polar surface area (TPSA) is 12.0 Å². The van der Waals surface area contributed by atoms with Crippen molar-refractivity contribution >= 4 is 0 Å². The fourth-order valence-electron chi connectivity index (χ4n) is 2.13. The first-order valence-corrected chi connectivity index (χ1v) is 6.84. The Hall–Kier alpha value is -0.820. The summed E-state index contributed by atoms with van der Waals surface area (Å²) in [5.41, 5.74) is 4.27. The third-order valence-corrected chi connectivity index (χ3v) is 3.41. The van der Waals surface area contributed by atoms with E-state index in [-0.39, 0.29) is 0 Å². The van der Waals surface area contributed by atoms with E-state index < -0.39 is 0 Å². The molecule has 0 fully saturated rings. The molecule has 1 atom stereocenters. The maximum absolute atomic E-state index is 3.66. The molecule has 0 bridgehead atoms. The van der Waals surface area contributed by atoms with Gasteiger partial charge in [0.25, 0.3) is 0 Å². The molecular formula is C16H27N. The standard InChI is InChI=1S/C16H27N/c1-6-9-17-16(12(2)3)11-15-10-13(4)7-8-14(15)5/h7-8,10,12,16-17H,6,9,11H2,1-5H3. The zero-order valence-electron chi connectivity index (χ0n) is 12.0. The molecule has 0 aliphatic carbocycles. The number of hydrogen-bond donors (Lipinski definition) is 1. The van der Waals surface area contributed by atoms with Crippen LogP contribution in [0.1, 0.15) is 43.9 Å². The first-order chi connectivity index (χ1) is 8.04. The Kier molecular flexibility index (Phi) is 5.70. The largest absolute Gasteiger partial charge is 0.313 e. The fraction of sp³-hybridized carbons (Fsp3) is 0.625. The lowest BCUT2D eigenvalue weighted by Crippen LogP contribution is -2.36. The molecule has 0 aliphatic heterocycles. The van der Waals surface area contributed by atoms with Crippen molar-refractivity contribution in [3.05, 3.63) is 34.9 Å². The Morgan fingerprint density at radius 1 is 1.18 bits per heavy atom. The van der Waals surface area contributed by atoms with Crippen LogP contribution in [0.2, 0.25) is 0 Å². The summed E-state index contributed by atoms with van der Waals surface area (Å²) in [4.78, 5) is 0. The predicted octanol–water partition coefficient (Wildman–Crippen LogP) is 3.87. The molecule has 1 aromatic carbocycles. The summed E-state index contributed by atoms with van der Waals surface area (Å²) in [6, 6.07) is 7.36. The van der Waals surface area contributed by atoms with Gasteiger partial charge in [0.1, 0.15) is 0 Å². The van der Waals surface area contributed by atoms with Gasteiger partial charge in [-0.1, -0.05) is 44.5 Å². The minimum absolute atomic E-state index is 0.593. The molecule has 1 aromatic rings. The van der Waals surface area contributed by atoms with E-state index in [0.29, 0.717) is 12.0 Å². The molecule has 0 saturated carbocycles. The molecule has 1 heteroatoms. The van der Waals surface area contributed by atoms with E-state index in [4.69, 9.17) is 0 Å². The molecule has 17 heavy (non-hydrogen) atoms. The van der Waals surface area contributed by atoms with Crippen LogP contribution in [0.5, 0.6) is 0 Å². The zero-order valence-corrected chi connectivity index (χ0v) is 12.0. The van der Waals surface area contributed by atoms with Crippen molar-refractivity contribution in [3.63, 3.8) is 0 Å². The smallest absolute Gasteiger partial charge is 0.0131 e. The molecule has 0 amide bonds. The molecule has 1 unspecified atom stereocenters. The van der Waals surface area contributed by atoms with Crippen LogP contribution in [0, 0.1) is 19.8 Å². The third-order valence-electron chi connectivity index (χ3n) is 3.41.